The number of nitrogens with two attached hydrogens (primary N) is 1. The molecule has 15 nitrogen and oxygen atoms in total. The number of carbonyl (C=O) groups excluding carboxylic acids is 2. The van der Waals surface area contributed by atoms with Crippen molar-refractivity contribution in [2.45, 2.75) is 62.3 Å². The van der Waals surface area contributed by atoms with Crippen molar-refractivity contribution in [3.05, 3.63) is 35.4 Å². The van der Waals surface area contributed by atoms with Crippen LogP contribution >= 0.6 is 0 Å². The number of carbonyl (C=O) groups is 4. The molecule has 8 N–H and O–H groups in total. The summed E-state index contributed by atoms with van der Waals surface area (Å²) in [5.74, 6) is -5.98. The number of aromatic carboxylic acids is 1. The van der Waals surface area contributed by atoms with Crippen LogP contribution in [0.3, 0.4) is 0 Å². The minimum Gasteiger partial charge on any atom is -0.478 e. The van der Waals surface area contributed by atoms with Gasteiger partial charge in [0.25, 0.3) is 0 Å². The Morgan fingerprint density at radius 1 is 1.07 bits per heavy atom. The number of likely N-dealkylation sites (tertiary alicyclic amines) is 2. The maximum absolute atomic E-state index is 13.1. The van der Waals surface area contributed by atoms with Crippen LogP contribution in [0.1, 0.15) is 48.0 Å². The SMILES string of the molecule is N=C(N)N1CCC[C@H](NC(=O)CN2CCCC[C@H](NS(=O)(=O)Cc3ccccc3C(=O)O)C2=O)C1O.O=C(O)C(F)(F)F. The van der Waals surface area contributed by atoms with Crippen molar-refractivity contribution < 1.29 is 56.1 Å². The summed E-state index contributed by atoms with van der Waals surface area (Å²) in [6, 6.07) is 3.99. The van der Waals surface area contributed by atoms with Crippen molar-refractivity contribution in [3.63, 3.8) is 0 Å². The maximum atomic E-state index is 13.1. The molecule has 2 fully saturated rings. The van der Waals surface area contributed by atoms with E-state index in [1.54, 1.807) is 0 Å². The van der Waals surface area contributed by atoms with Crippen LogP contribution in [-0.4, -0.2) is 107 Å². The fraction of sp³-hybridized carbons (Fsp3) is 0.542. The fourth-order valence-electron chi connectivity index (χ4n) is 4.50. The fourth-order valence-corrected chi connectivity index (χ4v) is 5.90. The Morgan fingerprint density at radius 2 is 1.70 bits per heavy atom. The molecule has 0 bridgehead atoms. The molecule has 2 aliphatic heterocycles. The number of nitrogens with zero attached hydrogens (tertiary/aromatic N) is 2. The normalized spacial score (nSPS) is 21.2. The van der Waals surface area contributed by atoms with Gasteiger partial charge in [0, 0.05) is 13.1 Å². The van der Waals surface area contributed by atoms with Gasteiger partial charge in [0.05, 0.1) is 23.9 Å². The first-order valence-electron chi connectivity index (χ1n) is 12.9. The van der Waals surface area contributed by atoms with Gasteiger partial charge in [-0.1, -0.05) is 18.2 Å². The lowest BCUT2D eigenvalue weighted by Gasteiger charge is -2.38. The number of benzene rings is 1. The predicted octanol–water partition coefficient (Wildman–Crippen LogP) is -0.389. The molecule has 3 rings (SSSR count). The molecule has 2 saturated heterocycles. The van der Waals surface area contributed by atoms with E-state index in [0.717, 1.165) is 0 Å². The quantitative estimate of drug-likeness (QED) is 0.143. The number of rotatable bonds is 8. The van der Waals surface area contributed by atoms with Crippen molar-refractivity contribution in [1.29, 1.82) is 5.41 Å². The molecule has 3 atom stereocenters. The molecule has 0 aromatic heterocycles. The van der Waals surface area contributed by atoms with E-state index < -0.39 is 64.0 Å². The number of sulfonamides is 1. The summed E-state index contributed by atoms with van der Waals surface area (Å²) in [6.07, 6.45) is -3.79. The molecule has 43 heavy (non-hydrogen) atoms. The van der Waals surface area contributed by atoms with Crippen molar-refractivity contribution in [1.82, 2.24) is 19.8 Å². The second-order valence-electron chi connectivity index (χ2n) is 9.76. The van der Waals surface area contributed by atoms with E-state index in [-0.39, 0.29) is 36.6 Å². The molecule has 2 aliphatic rings. The third kappa shape index (κ3) is 10.7. The topological polar surface area (TPSA) is 244 Å². The van der Waals surface area contributed by atoms with E-state index in [4.69, 9.17) is 21.0 Å². The molecule has 0 radical (unpaired) electrons. The number of alkyl halides is 3. The number of nitrogens with one attached hydrogen (secondary N) is 3. The summed E-state index contributed by atoms with van der Waals surface area (Å²) in [7, 11) is -4.07. The summed E-state index contributed by atoms with van der Waals surface area (Å²) < 4.78 is 59.7. The summed E-state index contributed by atoms with van der Waals surface area (Å²) in [4.78, 5) is 48.6. The maximum Gasteiger partial charge on any atom is 0.490 e. The van der Waals surface area contributed by atoms with Crippen molar-refractivity contribution in [2.75, 3.05) is 19.6 Å². The highest BCUT2D eigenvalue weighted by atomic mass is 32.2. The van der Waals surface area contributed by atoms with Gasteiger partial charge in [-0.15, -0.1) is 0 Å². The lowest BCUT2D eigenvalue weighted by Crippen LogP contribution is -2.59. The van der Waals surface area contributed by atoms with E-state index in [1.807, 2.05) is 0 Å². The van der Waals surface area contributed by atoms with E-state index in [1.165, 1.54) is 34.1 Å². The summed E-state index contributed by atoms with van der Waals surface area (Å²) >= 11 is 0. The molecular formula is C24H33F3N6O9S. The van der Waals surface area contributed by atoms with Crippen LogP contribution in [0.25, 0.3) is 0 Å². The predicted molar refractivity (Wildman–Crippen MR) is 143 cm³/mol. The average molecular weight is 639 g/mol. The Hall–Kier alpha value is -3.97. The summed E-state index contributed by atoms with van der Waals surface area (Å²) in [5.41, 5.74) is 5.43. The molecule has 0 aliphatic carbocycles. The number of carboxylic acid groups (broad SMARTS) is 2. The molecule has 1 aromatic carbocycles. The van der Waals surface area contributed by atoms with Crippen LogP contribution in [0.15, 0.2) is 24.3 Å². The zero-order valence-corrected chi connectivity index (χ0v) is 23.5. The largest absolute Gasteiger partial charge is 0.490 e. The Kier molecular flexibility index (Phi) is 12.3. The highest BCUT2D eigenvalue weighted by molar-refractivity contribution is 7.88. The monoisotopic (exact) mass is 638 g/mol. The molecule has 0 saturated carbocycles. The summed E-state index contributed by atoms with van der Waals surface area (Å²) in [5, 5.41) is 37.0. The number of hydrogen-bond donors (Lipinski definition) is 7. The first-order chi connectivity index (χ1) is 19.9. The number of aliphatic hydroxyl groups is 1. The number of aliphatic hydroxyl groups excluding tert-OH is 1. The van der Waals surface area contributed by atoms with Gasteiger partial charge in [0.2, 0.25) is 21.8 Å². The average Bonchev–Trinajstić information content (AvgIpc) is 3.05. The van der Waals surface area contributed by atoms with Gasteiger partial charge in [-0.2, -0.15) is 13.2 Å². The van der Waals surface area contributed by atoms with Crippen molar-refractivity contribution >= 4 is 39.7 Å². The van der Waals surface area contributed by atoms with Crippen LogP contribution in [0.5, 0.6) is 0 Å². The second-order valence-corrected chi connectivity index (χ2v) is 11.5. The zero-order chi connectivity index (χ0) is 32.5. The third-order valence-electron chi connectivity index (χ3n) is 6.52. The zero-order valence-electron chi connectivity index (χ0n) is 22.7. The van der Waals surface area contributed by atoms with Crippen LogP contribution in [-0.2, 0) is 30.2 Å². The molecule has 1 unspecified atom stereocenters. The lowest BCUT2D eigenvalue weighted by molar-refractivity contribution is -0.192. The van der Waals surface area contributed by atoms with E-state index >= 15 is 0 Å². The number of halogens is 3. The molecule has 240 valence electrons. The lowest BCUT2D eigenvalue weighted by atomic mass is 10.0. The molecule has 0 spiro atoms. The Balaban J connectivity index is 0.000000821. The molecule has 19 heteroatoms. The van der Waals surface area contributed by atoms with Crippen LogP contribution in [0.2, 0.25) is 0 Å². The van der Waals surface area contributed by atoms with Gasteiger partial charge in [0.15, 0.2) is 5.96 Å². The molecule has 2 heterocycles. The minimum absolute atomic E-state index is 0.0976. The highest BCUT2D eigenvalue weighted by Crippen LogP contribution is 2.18. The third-order valence-corrected chi connectivity index (χ3v) is 7.86. The highest BCUT2D eigenvalue weighted by Gasteiger charge is 2.38. The van der Waals surface area contributed by atoms with Gasteiger partial charge >= 0.3 is 18.1 Å². The number of guanidine groups is 1. The number of carboxylic acids is 2. The van der Waals surface area contributed by atoms with E-state index in [2.05, 4.69) is 10.0 Å². The van der Waals surface area contributed by atoms with Crippen LogP contribution in [0.4, 0.5) is 13.2 Å². The van der Waals surface area contributed by atoms with Crippen LogP contribution < -0.4 is 15.8 Å². The molecular weight excluding hydrogens is 605 g/mol. The van der Waals surface area contributed by atoms with Crippen molar-refractivity contribution in [2.24, 2.45) is 5.73 Å². The van der Waals surface area contributed by atoms with Crippen molar-refractivity contribution in [3.8, 4) is 0 Å². The second kappa shape index (κ2) is 15.0. The number of aliphatic carboxylic acids is 1. The van der Waals surface area contributed by atoms with Gasteiger partial charge < -0.3 is 36.2 Å². The van der Waals surface area contributed by atoms with Gasteiger partial charge in [0.1, 0.15) is 12.3 Å². The first kappa shape index (κ1) is 35.2. The standard InChI is InChI=1S/C22H32N6O7S.C2HF3O2/c23-22(24)28-11-5-9-16(20(28)31)25-18(29)12-27-10-4-3-8-17(19(27)30)26-36(34,35)13-14-6-1-2-7-15(14)21(32)33;3-2(4,5)1(6)7/h1-2,6-7,16-17,20,26,31H,3-5,8-13H2,(H3,23,24)(H,25,29)(H,32,33);(H,6,7)/t16-,17-,20?;/m0./s1. The minimum atomic E-state index is -5.08. The van der Waals surface area contributed by atoms with E-state index in [9.17, 15) is 46.2 Å². The van der Waals surface area contributed by atoms with Gasteiger partial charge in [-0.3, -0.25) is 15.0 Å². The van der Waals surface area contributed by atoms with Gasteiger partial charge in [-0.25, -0.2) is 22.7 Å². The Labute approximate surface area is 244 Å². The number of piperidine rings is 1. The first-order valence-corrected chi connectivity index (χ1v) is 14.6. The number of hydrogen-bond acceptors (Lipinski definition) is 8. The molecule has 1 aromatic rings. The van der Waals surface area contributed by atoms with Crippen LogP contribution in [0, 0.1) is 5.41 Å². The van der Waals surface area contributed by atoms with E-state index in [0.29, 0.717) is 32.2 Å². The Bertz CT molecular complexity index is 1310. The summed E-state index contributed by atoms with van der Waals surface area (Å²) in [6.45, 7) is 0.341. The van der Waals surface area contributed by atoms with Gasteiger partial charge in [-0.05, 0) is 43.7 Å². The molecule has 2 amide bonds. The smallest absolute Gasteiger partial charge is 0.478 e. The Morgan fingerprint density at radius 3 is 2.28 bits per heavy atom. The number of amides is 2.